The Morgan fingerprint density at radius 3 is 2.96 bits per heavy atom. The first-order valence-electron chi connectivity index (χ1n) is 10.3. The molecule has 2 aliphatic rings. The van der Waals surface area contributed by atoms with Gasteiger partial charge in [0.2, 0.25) is 0 Å². The minimum atomic E-state index is 0.0655. The SMILES string of the molecule is C[C@@H]1CNC[C@H](Nc2cccc(-c3cnc4cc(CO)c(C5CC5)cn34)n2)C1. The van der Waals surface area contributed by atoms with E-state index in [0.29, 0.717) is 17.9 Å². The molecule has 1 saturated heterocycles. The van der Waals surface area contributed by atoms with Gasteiger partial charge in [-0.2, -0.15) is 0 Å². The van der Waals surface area contributed by atoms with Crippen molar-refractivity contribution in [3.63, 3.8) is 0 Å². The highest BCUT2D eigenvalue weighted by Gasteiger charge is 2.27. The van der Waals surface area contributed by atoms with Crippen molar-refractivity contribution >= 4 is 11.5 Å². The zero-order chi connectivity index (χ0) is 19.1. The van der Waals surface area contributed by atoms with Gasteiger partial charge in [0, 0.05) is 18.8 Å². The summed E-state index contributed by atoms with van der Waals surface area (Å²) >= 11 is 0. The topological polar surface area (TPSA) is 74.5 Å². The van der Waals surface area contributed by atoms with Gasteiger partial charge in [-0.1, -0.05) is 13.0 Å². The predicted molar refractivity (Wildman–Crippen MR) is 110 cm³/mol. The minimum Gasteiger partial charge on any atom is -0.392 e. The summed E-state index contributed by atoms with van der Waals surface area (Å²) < 4.78 is 2.11. The smallest absolute Gasteiger partial charge is 0.137 e. The van der Waals surface area contributed by atoms with Crippen molar-refractivity contribution in [3.05, 3.63) is 47.8 Å². The van der Waals surface area contributed by atoms with Crippen molar-refractivity contribution in [1.29, 1.82) is 0 Å². The van der Waals surface area contributed by atoms with Crippen molar-refractivity contribution < 1.29 is 5.11 Å². The minimum absolute atomic E-state index is 0.0655. The van der Waals surface area contributed by atoms with E-state index in [-0.39, 0.29) is 6.61 Å². The largest absolute Gasteiger partial charge is 0.392 e. The van der Waals surface area contributed by atoms with Gasteiger partial charge in [-0.15, -0.1) is 0 Å². The lowest BCUT2D eigenvalue weighted by Gasteiger charge is -2.28. The van der Waals surface area contributed by atoms with Crippen LogP contribution in [0.4, 0.5) is 5.82 Å². The molecule has 3 aromatic rings. The van der Waals surface area contributed by atoms with Crippen LogP contribution >= 0.6 is 0 Å². The molecular weight excluding hydrogens is 350 g/mol. The zero-order valence-corrected chi connectivity index (χ0v) is 16.2. The molecule has 0 unspecified atom stereocenters. The first kappa shape index (κ1) is 17.6. The molecule has 3 N–H and O–H groups in total. The van der Waals surface area contributed by atoms with E-state index in [1.54, 1.807) is 0 Å². The van der Waals surface area contributed by atoms with E-state index >= 15 is 0 Å². The summed E-state index contributed by atoms with van der Waals surface area (Å²) in [5, 5.41) is 16.8. The van der Waals surface area contributed by atoms with E-state index < -0.39 is 0 Å². The molecule has 0 radical (unpaired) electrons. The average Bonchev–Trinajstić information content (AvgIpc) is 3.47. The number of aliphatic hydroxyl groups is 1. The first-order valence-corrected chi connectivity index (χ1v) is 10.3. The van der Waals surface area contributed by atoms with Gasteiger partial charge >= 0.3 is 0 Å². The second-order valence-corrected chi connectivity index (χ2v) is 8.31. The summed E-state index contributed by atoms with van der Waals surface area (Å²) in [6.07, 6.45) is 7.59. The van der Waals surface area contributed by atoms with Crippen molar-refractivity contribution in [3.8, 4) is 11.4 Å². The van der Waals surface area contributed by atoms with Gasteiger partial charge in [-0.05, 0) is 67.0 Å². The molecule has 0 bridgehead atoms. The average molecular weight is 377 g/mol. The van der Waals surface area contributed by atoms with Crippen molar-refractivity contribution in [2.45, 2.75) is 44.8 Å². The van der Waals surface area contributed by atoms with Crippen LogP contribution in [0, 0.1) is 5.92 Å². The Kier molecular flexibility index (Phi) is 4.53. The Hall–Kier alpha value is -2.44. The number of imidazole rings is 1. The third-order valence-corrected chi connectivity index (χ3v) is 5.89. The van der Waals surface area contributed by atoms with Crippen LogP contribution in [0.3, 0.4) is 0 Å². The first-order chi connectivity index (χ1) is 13.7. The number of hydrogen-bond donors (Lipinski definition) is 3. The van der Waals surface area contributed by atoms with Crippen LogP contribution in [0.15, 0.2) is 36.7 Å². The van der Waals surface area contributed by atoms with Crippen LogP contribution in [0.25, 0.3) is 17.0 Å². The molecule has 2 atom stereocenters. The van der Waals surface area contributed by atoms with Crippen LogP contribution in [0.1, 0.15) is 43.2 Å². The number of fused-ring (bicyclic) bond motifs is 1. The molecule has 28 heavy (non-hydrogen) atoms. The van der Waals surface area contributed by atoms with Crippen LogP contribution in [0.5, 0.6) is 0 Å². The number of hydrogen-bond acceptors (Lipinski definition) is 5. The molecule has 1 aliphatic carbocycles. The lowest BCUT2D eigenvalue weighted by Crippen LogP contribution is -2.42. The second kappa shape index (κ2) is 7.18. The van der Waals surface area contributed by atoms with Crippen LogP contribution in [-0.4, -0.2) is 38.6 Å². The molecule has 6 nitrogen and oxygen atoms in total. The maximum Gasteiger partial charge on any atom is 0.137 e. The number of aromatic nitrogens is 3. The van der Waals surface area contributed by atoms with Gasteiger partial charge in [-0.3, -0.25) is 4.40 Å². The third-order valence-electron chi connectivity index (χ3n) is 5.89. The summed E-state index contributed by atoms with van der Waals surface area (Å²) in [6.45, 7) is 4.41. The number of nitrogens with zero attached hydrogens (tertiary/aromatic N) is 3. The number of rotatable bonds is 5. The highest BCUT2D eigenvalue weighted by molar-refractivity contribution is 5.63. The predicted octanol–water partition coefficient (Wildman–Crippen LogP) is 3.18. The van der Waals surface area contributed by atoms with Crippen LogP contribution < -0.4 is 10.6 Å². The molecule has 1 saturated carbocycles. The fourth-order valence-electron chi connectivity index (χ4n) is 4.30. The Morgan fingerprint density at radius 1 is 1.29 bits per heavy atom. The molecule has 4 heterocycles. The molecule has 2 fully saturated rings. The van der Waals surface area contributed by atoms with Gasteiger partial charge in [0.1, 0.15) is 11.5 Å². The second-order valence-electron chi connectivity index (χ2n) is 8.31. The van der Waals surface area contributed by atoms with Gasteiger partial charge in [0.15, 0.2) is 0 Å². The summed E-state index contributed by atoms with van der Waals surface area (Å²) in [7, 11) is 0. The maximum absolute atomic E-state index is 9.73. The summed E-state index contributed by atoms with van der Waals surface area (Å²) in [4.78, 5) is 9.43. The molecule has 0 aromatic carbocycles. The Labute approximate surface area is 165 Å². The molecular formula is C22H27N5O. The van der Waals surface area contributed by atoms with Crippen LogP contribution in [0.2, 0.25) is 0 Å². The highest BCUT2D eigenvalue weighted by Crippen LogP contribution is 2.42. The normalized spacial score (nSPS) is 22.5. The van der Waals surface area contributed by atoms with Crippen LogP contribution in [-0.2, 0) is 6.61 Å². The monoisotopic (exact) mass is 377 g/mol. The van der Waals surface area contributed by atoms with E-state index in [1.807, 2.05) is 30.5 Å². The van der Waals surface area contributed by atoms with Gasteiger partial charge < -0.3 is 15.7 Å². The molecule has 0 amide bonds. The standard InChI is InChI=1S/C22H27N5O/c1-14-7-17(10-23-9-14)25-21-4-2-3-19(26-21)20-11-24-22-8-16(13-28)18(12-27(20)22)15-5-6-15/h2-4,8,11-12,14-15,17,23,28H,5-7,9-10,13H2,1H3,(H,25,26)/t14-,17+/m0/s1. The van der Waals surface area contributed by atoms with E-state index in [1.165, 1.54) is 18.4 Å². The Morgan fingerprint density at radius 2 is 2.18 bits per heavy atom. The van der Waals surface area contributed by atoms with E-state index in [0.717, 1.165) is 47.9 Å². The number of aliphatic hydroxyl groups excluding tert-OH is 1. The molecule has 5 rings (SSSR count). The van der Waals surface area contributed by atoms with E-state index in [4.69, 9.17) is 4.98 Å². The quantitative estimate of drug-likeness (QED) is 0.637. The number of piperidine rings is 1. The van der Waals surface area contributed by atoms with Crippen molar-refractivity contribution in [2.75, 3.05) is 18.4 Å². The number of pyridine rings is 2. The molecule has 6 heteroatoms. The highest BCUT2D eigenvalue weighted by atomic mass is 16.3. The fraction of sp³-hybridized carbons (Fsp3) is 0.455. The summed E-state index contributed by atoms with van der Waals surface area (Å²) in [6, 6.07) is 8.53. The lowest BCUT2D eigenvalue weighted by atomic mass is 9.98. The Balaban J connectivity index is 1.47. The number of anilines is 1. The lowest BCUT2D eigenvalue weighted by molar-refractivity contribution is 0.280. The maximum atomic E-state index is 9.73. The van der Waals surface area contributed by atoms with Gasteiger partial charge in [-0.25, -0.2) is 9.97 Å². The van der Waals surface area contributed by atoms with Gasteiger partial charge in [0.05, 0.1) is 24.2 Å². The van der Waals surface area contributed by atoms with Crippen molar-refractivity contribution in [1.82, 2.24) is 19.7 Å². The third kappa shape index (κ3) is 3.38. The summed E-state index contributed by atoms with van der Waals surface area (Å²) in [5.41, 5.74) is 4.99. The molecule has 1 aliphatic heterocycles. The van der Waals surface area contributed by atoms with Gasteiger partial charge in [0.25, 0.3) is 0 Å². The van der Waals surface area contributed by atoms with E-state index in [9.17, 15) is 5.11 Å². The molecule has 0 spiro atoms. The number of nitrogens with one attached hydrogen (secondary N) is 2. The Bertz CT molecular complexity index is 994. The summed E-state index contributed by atoms with van der Waals surface area (Å²) in [5.74, 6) is 2.15. The molecule has 146 valence electrons. The van der Waals surface area contributed by atoms with Crippen molar-refractivity contribution in [2.24, 2.45) is 5.92 Å². The fourth-order valence-corrected chi connectivity index (χ4v) is 4.30. The zero-order valence-electron chi connectivity index (χ0n) is 16.2. The molecule has 3 aromatic heterocycles. The van der Waals surface area contributed by atoms with E-state index in [2.05, 4.69) is 33.1 Å².